The highest BCUT2D eigenvalue weighted by Crippen LogP contribution is 2.41. The maximum absolute atomic E-state index is 13.2. The number of esters is 1. The lowest BCUT2D eigenvalue weighted by molar-refractivity contribution is -0.154. The van der Waals surface area contributed by atoms with Crippen LogP contribution in [0.4, 0.5) is 0 Å². The van der Waals surface area contributed by atoms with Gasteiger partial charge < -0.3 is 24.4 Å². The Morgan fingerprint density at radius 3 is 2.61 bits per heavy atom. The van der Waals surface area contributed by atoms with Gasteiger partial charge in [0.25, 0.3) is 0 Å². The minimum Gasteiger partial charge on any atom is -0.458 e. The summed E-state index contributed by atoms with van der Waals surface area (Å²) in [6.45, 7) is 10.3. The van der Waals surface area contributed by atoms with Crippen LogP contribution in [0.25, 0.3) is 6.08 Å². The number of epoxide rings is 1. The highest BCUT2D eigenvalue weighted by atomic mass is 32.1. The number of carbonyl (C=O) groups is 2. The van der Waals surface area contributed by atoms with Crippen LogP contribution < -0.4 is 0 Å². The highest BCUT2D eigenvalue weighted by molar-refractivity contribution is 7.09. The van der Waals surface area contributed by atoms with Crippen LogP contribution in [0.3, 0.4) is 0 Å². The van der Waals surface area contributed by atoms with Gasteiger partial charge in [-0.15, -0.1) is 11.3 Å². The molecule has 0 spiro atoms. The molecule has 0 aliphatic carbocycles. The van der Waals surface area contributed by atoms with Crippen molar-refractivity contribution in [3.63, 3.8) is 0 Å². The van der Waals surface area contributed by atoms with Crippen molar-refractivity contribution in [3.8, 4) is 6.07 Å². The van der Waals surface area contributed by atoms with Gasteiger partial charge in [-0.25, -0.2) is 4.98 Å². The Morgan fingerprint density at radius 1 is 1.31 bits per heavy atom. The van der Waals surface area contributed by atoms with Gasteiger partial charge in [0.05, 0.1) is 48.0 Å². The molecule has 0 amide bonds. The smallest absolute Gasteiger partial charge is 0.309 e. The lowest BCUT2D eigenvalue weighted by Gasteiger charge is -2.34. The quantitative estimate of drug-likeness (QED) is 0.444. The minimum atomic E-state index is -1.31. The number of ether oxygens (including phenoxy) is 3. The first-order chi connectivity index (χ1) is 16.8. The number of Topliss-reactive ketones (excluding diaryl/α,β-unsaturated/α-hetero) is 1. The average Bonchev–Trinajstić information content (AvgIpc) is 3.35. The Bertz CT molecular complexity index is 1050. The van der Waals surface area contributed by atoms with E-state index >= 15 is 0 Å². The monoisotopic (exact) mass is 520 g/mol. The highest BCUT2D eigenvalue weighted by Gasteiger charge is 2.59. The number of carbonyl (C=O) groups excluding carboxylic acids is 2. The van der Waals surface area contributed by atoms with Crippen LogP contribution in [0, 0.1) is 35.5 Å². The molecule has 198 valence electrons. The van der Waals surface area contributed by atoms with Gasteiger partial charge in [0, 0.05) is 23.6 Å². The van der Waals surface area contributed by atoms with Gasteiger partial charge >= 0.3 is 5.97 Å². The van der Waals surface area contributed by atoms with Gasteiger partial charge in [-0.2, -0.15) is 5.26 Å². The summed E-state index contributed by atoms with van der Waals surface area (Å²) in [5, 5.41) is 34.1. The molecular formula is C26H36N2O7S. The predicted molar refractivity (Wildman–Crippen MR) is 133 cm³/mol. The van der Waals surface area contributed by atoms with E-state index in [0.717, 1.165) is 10.7 Å². The summed E-state index contributed by atoms with van der Waals surface area (Å²) in [4.78, 5) is 30.5. The molecule has 2 aliphatic rings. The summed E-state index contributed by atoms with van der Waals surface area (Å²) in [7, 11) is 0. The number of nitriles is 1. The Hall–Kier alpha value is -2.16. The predicted octanol–water partition coefficient (Wildman–Crippen LogP) is 2.83. The average molecular weight is 521 g/mol. The molecule has 2 N–H and O–H groups in total. The number of hydrogen-bond acceptors (Lipinski definition) is 10. The summed E-state index contributed by atoms with van der Waals surface area (Å²) >= 11 is 1.50. The summed E-state index contributed by atoms with van der Waals surface area (Å²) < 4.78 is 17.2. The van der Waals surface area contributed by atoms with Gasteiger partial charge in [0.2, 0.25) is 5.60 Å². The van der Waals surface area contributed by atoms with Crippen LogP contribution in [-0.4, -0.2) is 70.2 Å². The number of cyclic esters (lactones) is 1. The summed E-state index contributed by atoms with van der Waals surface area (Å²) in [5.74, 6) is -2.24. The first-order valence-corrected chi connectivity index (χ1v) is 13.1. The molecule has 7 atom stereocenters. The number of aryl methyl sites for hydroxylation is 1. The number of aromatic nitrogens is 1. The molecule has 36 heavy (non-hydrogen) atoms. The van der Waals surface area contributed by atoms with Crippen molar-refractivity contribution in [3.05, 3.63) is 21.7 Å². The van der Waals surface area contributed by atoms with E-state index in [-0.39, 0.29) is 25.4 Å². The third-order valence-electron chi connectivity index (χ3n) is 7.26. The molecule has 2 fully saturated rings. The van der Waals surface area contributed by atoms with E-state index in [2.05, 4.69) is 11.1 Å². The number of fused-ring (bicyclic) bond motifs is 1. The second kappa shape index (κ2) is 11.1. The van der Waals surface area contributed by atoms with Crippen molar-refractivity contribution in [2.24, 2.45) is 17.3 Å². The van der Waals surface area contributed by atoms with Crippen molar-refractivity contribution in [1.29, 1.82) is 5.26 Å². The molecule has 0 radical (unpaired) electrons. The molecule has 1 aromatic rings. The molecular weight excluding hydrogens is 484 g/mol. The van der Waals surface area contributed by atoms with Gasteiger partial charge in [0.1, 0.15) is 24.1 Å². The second-order valence-corrected chi connectivity index (χ2v) is 11.6. The molecule has 0 saturated carbocycles. The molecule has 2 saturated heterocycles. The van der Waals surface area contributed by atoms with E-state index in [1.807, 2.05) is 25.3 Å². The number of ketones is 1. The van der Waals surface area contributed by atoms with Crippen LogP contribution in [0.15, 0.2) is 11.0 Å². The molecule has 3 heterocycles. The zero-order valence-electron chi connectivity index (χ0n) is 21.7. The minimum absolute atomic E-state index is 0.00747. The largest absolute Gasteiger partial charge is 0.458 e. The Labute approximate surface area is 216 Å². The van der Waals surface area contributed by atoms with Crippen LogP contribution in [0.2, 0.25) is 0 Å². The van der Waals surface area contributed by atoms with E-state index in [9.17, 15) is 25.1 Å². The lowest BCUT2D eigenvalue weighted by Crippen LogP contribution is -2.46. The fourth-order valence-electron chi connectivity index (χ4n) is 4.52. The first-order valence-electron chi connectivity index (χ1n) is 12.2. The van der Waals surface area contributed by atoms with Crippen LogP contribution >= 0.6 is 11.3 Å². The molecule has 9 nitrogen and oxygen atoms in total. The lowest BCUT2D eigenvalue weighted by atomic mass is 9.73. The van der Waals surface area contributed by atoms with Crippen molar-refractivity contribution in [2.75, 3.05) is 13.2 Å². The first kappa shape index (κ1) is 28.4. The van der Waals surface area contributed by atoms with E-state index in [4.69, 9.17) is 14.2 Å². The van der Waals surface area contributed by atoms with E-state index in [1.54, 1.807) is 27.7 Å². The molecule has 2 aliphatic heterocycles. The van der Waals surface area contributed by atoms with Crippen LogP contribution in [0.5, 0.6) is 0 Å². The second-order valence-electron chi connectivity index (χ2n) is 10.6. The van der Waals surface area contributed by atoms with Gasteiger partial charge in [-0.3, -0.25) is 9.59 Å². The normalized spacial score (nSPS) is 36.5. The number of aliphatic hydroxyl groups excluding tert-OH is 2. The van der Waals surface area contributed by atoms with Crippen molar-refractivity contribution >= 4 is 29.2 Å². The summed E-state index contributed by atoms with van der Waals surface area (Å²) in [6, 6.07) is 2.17. The van der Waals surface area contributed by atoms with Crippen molar-refractivity contribution in [2.45, 2.75) is 84.4 Å². The van der Waals surface area contributed by atoms with Gasteiger partial charge in [-0.05, 0) is 25.5 Å². The topological polar surface area (TPSA) is 142 Å². The van der Waals surface area contributed by atoms with Gasteiger partial charge in [0.15, 0.2) is 0 Å². The molecule has 10 heteroatoms. The SMILES string of the molecule is C/C(=C\c1csc(C)n1)[C@H]1CC2OC2(C#N)COC[C@@H](C)[C@@H](O)[C@@H](C)C(=O)C(C)(C)[C@@H](O)CC(=O)O1. The fourth-order valence-corrected chi connectivity index (χ4v) is 5.09. The third-order valence-corrected chi connectivity index (χ3v) is 8.05. The number of rotatable bonds is 2. The Balaban J connectivity index is 1.89. The number of aliphatic hydroxyl groups is 2. The van der Waals surface area contributed by atoms with E-state index in [0.29, 0.717) is 5.57 Å². The van der Waals surface area contributed by atoms with Crippen molar-refractivity contribution in [1.82, 2.24) is 4.98 Å². The number of hydrogen-bond donors (Lipinski definition) is 2. The van der Waals surface area contributed by atoms with E-state index in [1.165, 1.54) is 11.3 Å². The molecule has 0 aromatic carbocycles. The fraction of sp³-hybridized carbons (Fsp3) is 0.692. The van der Waals surface area contributed by atoms with Crippen molar-refractivity contribution < 1.29 is 34.0 Å². The van der Waals surface area contributed by atoms with Crippen LogP contribution in [-0.2, 0) is 23.8 Å². The number of thiazole rings is 1. The Morgan fingerprint density at radius 2 is 2.00 bits per heavy atom. The zero-order valence-corrected chi connectivity index (χ0v) is 22.5. The maximum Gasteiger partial charge on any atom is 0.309 e. The summed E-state index contributed by atoms with van der Waals surface area (Å²) in [6.07, 6.45) is -1.93. The number of nitrogens with zero attached hydrogens (tertiary/aromatic N) is 2. The molecule has 1 aromatic heterocycles. The zero-order chi connectivity index (χ0) is 26.8. The van der Waals surface area contributed by atoms with Gasteiger partial charge in [-0.1, -0.05) is 27.7 Å². The van der Waals surface area contributed by atoms with E-state index < -0.39 is 59.7 Å². The maximum atomic E-state index is 13.2. The third kappa shape index (κ3) is 6.21. The molecule has 2 unspecified atom stereocenters. The van der Waals surface area contributed by atoms with Crippen LogP contribution in [0.1, 0.15) is 58.2 Å². The molecule has 0 bridgehead atoms. The molecule has 3 rings (SSSR count). The summed E-state index contributed by atoms with van der Waals surface area (Å²) in [5.41, 5.74) is -1.01. The standard InChI is InChI=1S/C26H36N2O7S/c1-14(7-18-11-36-17(4)28-18)19-8-21-26(12-27,35-21)13-33-10-15(2)23(31)16(3)24(32)25(5,6)20(29)9-22(30)34-19/h7,11,15-16,19-21,23,29,31H,8-10,13H2,1-6H3/b14-7+/t15-,16-,19-,20+,21?,23-,26?/m1/s1. The Kier molecular flexibility index (Phi) is 8.74.